The van der Waals surface area contributed by atoms with Crippen molar-refractivity contribution < 1.29 is 4.79 Å². The summed E-state index contributed by atoms with van der Waals surface area (Å²) in [6, 6.07) is 18.4. The highest BCUT2D eigenvalue weighted by molar-refractivity contribution is 7.14. The van der Waals surface area contributed by atoms with E-state index < -0.39 is 0 Å². The predicted octanol–water partition coefficient (Wildman–Crippen LogP) is 6.50. The molecular weight excluding hydrogens is 366 g/mol. The third kappa shape index (κ3) is 5.67. The summed E-state index contributed by atoms with van der Waals surface area (Å²) in [7, 11) is 0. The third-order valence-corrected chi connectivity index (χ3v) is 5.39. The molecule has 3 aromatic rings. The van der Waals surface area contributed by atoms with E-state index in [-0.39, 0.29) is 11.9 Å². The van der Waals surface area contributed by atoms with Crippen LogP contribution in [0, 0.1) is 0 Å². The number of thiazole rings is 1. The average Bonchev–Trinajstić information content (AvgIpc) is 3.18. The fourth-order valence-corrected chi connectivity index (χ4v) is 3.77. The van der Waals surface area contributed by atoms with Crippen LogP contribution in [-0.2, 0) is 4.79 Å². The summed E-state index contributed by atoms with van der Waals surface area (Å²) >= 11 is 1.60. The molecule has 4 nitrogen and oxygen atoms in total. The van der Waals surface area contributed by atoms with E-state index in [2.05, 4.69) is 42.0 Å². The Morgan fingerprint density at radius 1 is 1.07 bits per heavy atom. The zero-order valence-electron chi connectivity index (χ0n) is 16.4. The molecule has 0 radical (unpaired) electrons. The lowest BCUT2D eigenvalue weighted by Crippen LogP contribution is -2.10. The standard InChI is InChI=1S/C23H27N3OS/c1-3-4-6-11-22(27)25-20-14-12-19(13-15-20)21-16-28-23(26-21)24-17(2)18-9-7-5-8-10-18/h5,7-10,12-17H,3-4,6,11H2,1-2H3,(H,24,26)(H,25,27)/t17-/m1/s1. The van der Waals surface area contributed by atoms with Crippen LogP contribution in [0.5, 0.6) is 0 Å². The van der Waals surface area contributed by atoms with Crippen molar-refractivity contribution in [1.82, 2.24) is 4.98 Å². The highest BCUT2D eigenvalue weighted by atomic mass is 32.1. The quantitative estimate of drug-likeness (QED) is 0.408. The fourth-order valence-electron chi connectivity index (χ4n) is 2.97. The minimum Gasteiger partial charge on any atom is -0.355 e. The Kier molecular flexibility index (Phi) is 7.20. The van der Waals surface area contributed by atoms with Gasteiger partial charge >= 0.3 is 0 Å². The molecule has 146 valence electrons. The Balaban J connectivity index is 1.58. The zero-order chi connectivity index (χ0) is 19.8. The number of anilines is 2. The molecule has 1 aromatic heterocycles. The molecule has 2 aromatic carbocycles. The Morgan fingerprint density at radius 2 is 1.82 bits per heavy atom. The monoisotopic (exact) mass is 393 g/mol. The Labute approximate surface area is 171 Å². The van der Waals surface area contributed by atoms with Crippen LogP contribution >= 0.6 is 11.3 Å². The van der Waals surface area contributed by atoms with Gasteiger partial charge in [-0.25, -0.2) is 4.98 Å². The van der Waals surface area contributed by atoms with Crippen molar-refractivity contribution in [2.75, 3.05) is 10.6 Å². The number of benzene rings is 2. The largest absolute Gasteiger partial charge is 0.355 e. The molecular formula is C23H27N3OS. The van der Waals surface area contributed by atoms with Gasteiger partial charge in [0.05, 0.1) is 11.7 Å². The summed E-state index contributed by atoms with van der Waals surface area (Å²) in [6.07, 6.45) is 3.73. The number of hydrogen-bond acceptors (Lipinski definition) is 4. The summed E-state index contributed by atoms with van der Waals surface area (Å²) in [5.41, 5.74) is 4.05. The smallest absolute Gasteiger partial charge is 0.224 e. The minimum absolute atomic E-state index is 0.0799. The van der Waals surface area contributed by atoms with E-state index in [1.807, 2.05) is 42.5 Å². The Hall–Kier alpha value is -2.66. The van der Waals surface area contributed by atoms with Crippen LogP contribution in [0.3, 0.4) is 0 Å². The van der Waals surface area contributed by atoms with Crippen molar-refractivity contribution in [3.63, 3.8) is 0 Å². The van der Waals surface area contributed by atoms with Gasteiger partial charge in [-0.1, -0.05) is 62.2 Å². The molecule has 3 rings (SSSR count). The third-order valence-electron chi connectivity index (χ3n) is 4.62. The molecule has 0 fully saturated rings. The molecule has 5 heteroatoms. The van der Waals surface area contributed by atoms with E-state index in [1.54, 1.807) is 11.3 Å². The second kappa shape index (κ2) is 10.0. The van der Waals surface area contributed by atoms with Gasteiger partial charge in [0.25, 0.3) is 0 Å². The second-order valence-electron chi connectivity index (χ2n) is 6.90. The molecule has 0 saturated heterocycles. The van der Waals surface area contributed by atoms with Gasteiger partial charge in [0.15, 0.2) is 5.13 Å². The molecule has 1 atom stereocenters. The number of rotatable bonds is 9. The van der Waals surface area contributed by atoms with Gasteiger partial charge in [0.2, 0.25) is 5.91 Å². The lowest BCUT2D eigenvalue weighted by molar-refractivity contribution is -0.116. The number of carbonyl (C=O) groups excluding carboxylic acids is 1. The SMILES string of the molecule is CCCCCC(=O)Nc1ccc(-c2csc(N[C@H](C)c3ccccc3)n2)cc1. The van der Waals surface area contributed by atoms with Gasteiger partial charge in [0, 0.05) is 23.1 Å². The van der Waals surface area contributed by atoms with Crippen molar-refractivity contribution in [3.8, 4) is 11.3 Å². The minimum atomic E-state index is 0.0799. The zero-order valence-corrected chi connectivity index (χ0v) is 17.3. The van der Waals surface area contributed by atoms with Gasteiger partial charge < -0.3 is 10.6 Å². The first-order valence-electron chi connectivity index (χ1n) is 9.83. The molecule has 0 aliphatic rings. The van der Waals surface area contributed by atoms with Crippen molar-refractivity contribution >= 4 is 28.1 Å². The van der Waals surface area contributed by atoms with Crippen LogP contribution in [0.4, 0.5) is 10.8 Å². The summed E-state index contributed by atoms with van der Waals surface area (Å²) in [5, 5.41) is 9.38. The number of amides is 1. The van der Waals surface area contributed by atoms with Gasteiger partial charge in [-0.2, -0.15) is 0 Å². The Morgan fingerprint density at radius 3 is 2.54 bits per heavy atom. The normalized spacial score (nSPS) is 11.8. The van der Waals surface area contributed by atoms with Gasteiger partial charge in [-0.15, -0.1) is 11.3 Å². The van der Waals surface area contributed by atoms with Gasteiger partial charge in [-0.3, -0.25) is 4.79 Å². The molecule has 2 N–H and O–H groups in total. The van der Waals surface area contributed by atoms with Crippen LogP contribution < -0.4 is 10.6 Å². The van der Waals surface area contributed by atoms with Crippen molar-refractivity contribution in [2.45, 2.75) is 45.6 Å². The van der Waals surface area contributed by atoms with Crippen LogP contribution in [-0.4, -0.2) is 10.9 Å². The first-order chi connectivity index (χ1) is 13.7. The van der Waals surface area contributed by atoms with E-state index >= 15 is 0 Å². The summed E-state index contributed by atoms with van der Waals surface area (Å²) in [4.78, 5) is 16.6. The lowest BCUT2D eigenvalue weighted by atomic mass is 10.1. The maximum Gasteiger partial charge on any atom is 0.224 e. The van der Waals surface area contributed by atoms with Crippen molar-refractivity contribution in [2.24, 2.45) is 0 Å². The lowest BCUT2D eigenvalue weighted by Gasteiger charge is -2.12. The molecule has 0 spiro atoms. The van der Waals surface area contributed by atoms with Gasteiger partial charge in [0.1, 0.15) is 0 Å². The van der Waals surface area contributed by atoms with Crippen LogP contribution in [0.2, 0.25) is 0 Å². The number of nitrogens with one attached hydrogen (secondary N) is 2. The second-order valence-corrected chi connectivity index (χ2v) is 7.76. The Bertz CT molecular complexity index is 874. The number of aromatic nitrogens is 1. The average molecular weight is 394 g/mol. The highest BCUT2D eigenvalue weighted by Crippen LogP contribution is 2.28. The van der Waals surface area contributed by atoms with E-state index in [0.717, 1.165) is 41.3 Å². The first-order valence-corrected chi connectivity index (χ1v) is 10.7. The van der Waals surface area contributed by atoms with Crippen LogP contribution in [0.1, 0.15) is 51.1 Å². The summed E-state index contributed by atoms with van der Waals surface area (Å²) < 4.78 is 0. The molecule has 0 bridgehead atoms. The topological polar surface area (TPSA) is 54.0 Å². The maximum absolute atomic E-state index is 11.9. The fraction of sp³-hybridized carbons (Fsp3) is 0.304. The summed E-state index contributed by atoms with van der Waals surface area (Å²) in [5.74, 6) is 0.0799. The highest BCUT2D eigenvalue weighted by Gasteiger charge is 2.09. The summed E-state index contributed by atoms with van der Waals surface area (Å²) in [6.45, 7) is 4.27. The predicted molar refractivity (Wildman–Crippen MR) is 119 cm³/mol. The van der Waals surface area contributed by atoms with Crippen LogP contribution in [0.25, 0.3) is 11.3 Å². The van der Waals surface area contributed by atoms with E-state index in [9.17, 15) is 4.79 Å². The van der Waals surface area contributed by atoms with Gasteiger partial charge in [-0.05, 0) is 31.0 Å². The molecule has 28 heavy (non-hydrogen) atoms. The number of nitrogens with zero attached hydrogens (tertiary/aromatic N) is 1. The van der Waals surface area contributed by atoms with Crippen LogP contribution in [0.15, 0.2) is 60.0 Å². The molecule has 0 unspecified atom stereocenters. The van der Waals surface area contributed by atoms with E-state index in [4.69, 9.17) is 4.98 Å². The number of hydrogen-bond donors (Lipinski definition) is 2. The molecule has 0 saturated carbocycles. The van der Waals surface area contributed by atoms with E-state index in [1.165, 1.54) is 5.56 Å². The molecule has 1 heterocycles. The van der Waals surface area contributed by atoms with Crippen molar-refractivity contribution in [1.29, 1.82) is 0 Å². The van der Waals surface area contributed by atoms with E-state index in [0.29, 0.717) is 6.42 Å². The molecule has 1 amide bonds. The maximum atomic E-state index is 11.9. The molecule has 0 aliphatic heterocycles. The number of unbranched alkanes of at least 4 members (excludes halogenated alkanes) is 2. The molecule has 0 aliphatic carbocycles. The first kappa shape index (κ1) is 20.1. The number of carbonyl (C=O) groups is 1. The van der Waals surface area contributed by atoms with Crippen molar-refractivity contribution in [3.05, 3.63) is 65.5 Å².